The number of H-pyrrole nitrogens is 1. The molecule has 0 fully saturated rings. The Bertz CT molecular complexity index is 1070. The number of para-hydroxylation sites is 1. The number of aromatic amines is 1. The second kappa shape index (κ2) is 9.09. The van der Waals surface area contributed by atoms with Crippen molar-refractivity contribution in [1.82, 2.24) is 4.98 Å². The number of ether oxygens (including phenoxy) is 2. The molecule has 1 aromatic heterocycles. The van der Waals surface area contributed by atoms with E-state index in [1.54, 1.807) is 38.1 Å². The number of esters is 2. The highest BCUT2D eigenvalue weighted by Crippen LogP contribution is 2.20. The largest absolute Gasteiger partial charge is 0.465 e. The molecular weight excluding hydrogens is 384 g/mol. The molecule has 0 unspecified atom stereocenters. The number of carbonyl (C=O) groups is 3. The minimum absolute atomic E-state index is 0.0322. The molecule has 0 radical (unpaired) electrons. The highest BCUT2D eigenvalue weighted by Gasteiger charge is 2.23. The van der Waals surface area contributed by atoms with Crippen LogP contribution in [0.25, 0.3) is 0 Å². The number of methoxy groups -OCH3 is 1. The van der Waals surface area contributed by atoms with Crippen LogP contribution in [0.5, 0.6) is 0 Å². The predicted molar refractivity (Wildman–Crippen MR) is 112 cm³/mol. The van der Waals surface area contributed by atoms with E-state index in [-0.39, 0.29) is 18.2 Å². The van der Waals surface area contributed by atoms with Crippen LogP contribution in [-0.2, 0) is 16.1 Å². The minimum atomic E-state index is -0.573. The van der Waals surface area contributed by atoms with E-state index in [0.29, 0.717) is 28.1 Å². The number of aryl methyl sites for hydroxylation is 1. The van der Waals surface area contributed by atoms with Crippen molar-refractivity contribution in [1.29, 1.82) is 0 Å². The summed E-state index contributed by atoms with van der Waals surface area (Å²) in [7, 11) is 1.29. The van der Waals surface area contributed by atoms with Gasteiger partial charge in [-0.3, -0.25) is 4.79 Å². The summed E-state index contributed by atoms with van der Waals surface area (Å²) in [6, 6.07) is 16.0. The maximum Gasteiger partial charge on any atom is 0.355 e. The van der Waals surface area contributed by atoms with E-state index in [2.05, 4.69) is 10.3 Å². The first-order valence-corrected chi connectivity index (χ1v) is 9.30. The third kappa shape index (κ3) is 4.57. The Kier molecular flexibility index (Phi) is 6.32. The van der Waals surface area contributed by atoms with Crippen molar-refractivity contribution in [3.63, 3.8) is 0 Å². The molecule has 154 valence electrons. The summed E-state index contributed by atoms with van der Waals surface area (Å²) in [5.41, 5.74) is 3.51. The zero-order valence-corrected chi connectivity index (χ0v) is 16.9. The van der Waals surface area contributed by atoms with Gasteiger partial charge in [0, 0.05) is 16.9 Å². The summed E-state index contributed by atoms with van der Waals surface area (Å²) in [5, 5.41) is 2.81. The van der Waals surface area contributed by atoms with Gasteiger partial charge in [-0.05, 0) is 49.2 Å². The number of aromatic nitrogens is 1. The van der Waals surface area contributed by atoms with Crippen molar-refractivity contribution in [3.8, 4) is 0 Å². The highest BCUT2D eigenvalue weighted by atomic mass is 16.5. The fourth-order valence-corrected chi connectivity index (χ4v) is 3.06. The van der Waals surface area contributed by atoms with Crippen LogP contribution in [0.2, 0.25) is 0 Å². The minimum Gasteiger partial charge on any atom is -0.465 e. The Morgan fingerprint density at radius 3 is 2.23 bits per heavy atom. The third-order valence-electron chi connectivity index (χ3n) is 4.65. The van der Waals surface area contributed by atoms with E-state index < -0.39 is 11.9 Å². The standard InChI is InChI=1S/C23H22N2O5/c1-14-19(22(27)29-3)15(2)24-20(14)23(28)30-13-16-9-11-17(12-10-16)21(26)25-18-7-5-4-6-8-18/h4-12,24H,13H2,1-3H3,(H,25,26). The van der Waals surface area contributed by atoms with Gasteiger partial charge in [0.15, 0.2) is 0 Å². The first-order chi connectivity index (χ1) is 14.4. The summed E-state index contributed by atoms with van der Waals surface area (Å²) in [6.45, 7) is 3.38. The topological polar surface area (TPSA) is 97.5 Å². The summed E-state index contributed by atoms with van der Waals surface area (Å²) >= 11 is 0. The number of nitrogens with one attached hydrogen (secondary N) is 2. The van der Waals surface area contributed by atoms with Crippen molar-refractivity contribution >= 4 is 23.5 Å². The Labute approximate surface area is 174 Å². The van der Waals surface area contributed by atoms with Crippen LogP contribution in [0.3, 0.4) is 0 Å². The van der Waals surface area contributed by atoms with E-state index in [9.17, 15) is 14.4 Å². The summed E-state index contributed by atoms with van der Waals surface area (Å²) < 4.78 is 10.1. The number of anilines is 1. The quantitative estimate of drug-likeness (QED) is 0.603. The van der Waals surface area contributed by atoms with E-state index in [1.165, 1.54) is 7.11 Å². The van der Waals surface area contributed by atoms with Crippen LogP contribution < -0.4 is 5.32 Å². The van der Waals surface area contributed by atoms with E-state index in [0.717, 1.165) is 5.56 Å². The lowest BCUT2D eigenvalue weighted by Gasteiger charge is -2.07. The number of benzene rings is 2. The fraction of sp³-hybridized carbons (Fsp3) is 0.174. The van der Waals surface area contributed by atoms with Gasteiger partial charge in [-0.25, -0.2) is 9.59 Å². The SMILES string of the molecule is COC(=O)c1c(C)[nH]c(C(=O)OCc2ccc(C(=O)Nc3ccccc3)cc2)c1C. The van der Waals surface area contributed by atoms with E-state index in [1.807, 2.05) is 30.3 Å². The van der Waals surface area contributed by atoms with Gasteiger partial charge in [0.25, 0.3) is 5.91 Å². The van der Waals surface area contributed by atoms with Crippen molar-refractivity contribution in [3.05, 3.63) is 88.2 Å². The Hall–Kier alpha value is -3.87. The van der Waals surface area contributed by atoms with Gasteiger partial charge < -0.3 is 19.8 Å². The molecule has 1 heterocycles. The molecule has 0 aliphatic rings. The average Bonchev–Trinajstić information content (AvgIpc) is 3.06. The Balaban J connectivity index is 1.62. The summed E-state index contributed by atoms with van der Waals surface area (Å²) in [5.74, 6) is -1.31. The van der Waals surface area contributed by atoms with Crippen molar-refractivity contribution in [2.45, 2.75) is 20.5 Å². The summed E-state index contributed by atoms with van der Waals surface area (Å²) in [4.78, 5) is 39.4. The lowest BCUT2D eigenvalue weighted by molar-refractivity contribution is 0.0465. The monoisotopic (exact) mass is 406 g/mol. The smallest absolute Gasteiger partial charge is 0.355 e. The van der Waals surface area contributed by atoms with E-state index >= 15 is 0 Å². The molecule has 0 saturated heterocycles. The molecule has 1 amide bonds. The van der Waals surface area contributed by atoms with Crippen molar-refractivity contribution < 1.29 is 23.9 Å². The average molecular weight is 406 g/mol. The number of hydrogen-bond acceptors (Lipinski definition) is 5. The van der Waals surface area contributed by atoms with Crippen LogP contribution in [0, 0.1) is 13.8 Å². The molecule has 0 spiro atoms. The molecule has 30 heavy (non-hydrogen) atoms. The first-order valence-electron chi connectivity index (χ1n) is 9.30. The third-order valence-corrected chi connectivity index (χ3v) is 4.65. The number of amides is 1. The maximum absolute atomic E-state index is 12.4. The van der Waals surface area contributed by atoms with Crippen LogP contribution in [0.15, 0.2) is 54.6 Å². The van der Waals surface area contributed by atoms with Crippen LogP contribution in [0.1, 0.15) is 48.0 Å². The zero-order chi connectivity index (χ0) is 21.7. The van der Waals surface area contributed by atoms with Crippen LogP contribution in [0.4, 0.5) is 5.69 Å². The molecule has 2 N–H and O–H groups in total. The van der Waals surface area contributed by atoms with Crippen LogP contribution in [-0.4, -0.2) is 29.9 Å². The molecule has 7 nitrogen and oxygen atoms in total. The molecule has 0 bridgehead atoms. The molecule has 0 aliphatic heterocycles. The highest BCUT2D eigenvalue weighted by molar-refractivity contribution is 6.04. The summed E-state index contributed by atoms with van der Waals surface area (Å²) in [6.07, 6.45) is 0. The molecule has 3 aromatic rings. The van der Waals surface area contributed by atoms with Gasteiger partial charge in [0.2, 0.25) is 0 Å². The molecule has 7 heteroatoms. The normalized spacial score (nSPS) is 10.4. The number of carbonyl (C=O) groups excluding carboxylic acids is 3. The second-order valence-electron chi connectivity index (χ2n) is 6.71. The number of rotatable bonds is 6. The van der Waals surface area contributed by atoms with Gasteiger partial charge >= 0.3 is 11.9 Å². The van der Waals surface area contributed by atoms with Crippen LogP contribution >= 0.6 is 0 Å². The van der Waals surface area contributed by atoms with Gasteiger partial charge in [0.1, 0.15) is 12.3 Å². The predicted octanol–water partition coefficient (Wildman–Crippen LogP) is 4.03. The fourth-order valence-electron chi connectivity index (χ4n) is 3.06. The Morgan fingerprint density at radius 1 is 0.933 bits per heavy atom. The molecule has 3 rings (SSSR count). The first kappa shape index (κ1) is 20.9. The zero-order valence-electron chi connectivity index (χ0n) is 16.9. The van der Waals surface area contributed by atoms with Gasteiger partial charge in [-0.15, -0.1) is 0 Å². The second-order valence-corrected chi connectivity index (χ2v) is 6.71. The molecule has 2 aromatic carbocycles. The molecule has 0 aliphatic carbocycles. The maximum atomic E-state index is 12.4. The van der Waals surface area contributed by atoms with Gasteiger partial charge in [-0.1, -0.05) is 30.3 Å². The van der Waals surface area contributed by atoms with Crippen molar-refractivity contribution in [2.75, 3.05) is 12.4 Å². The van der Waals surface area contributed by atoms with Crippen molar-refractivity contribution in [2.24, 2.45) is 0 Å². The molecule has 0 atom stereocenters. The molecule has 0 saturated carbocycles. The van der Waals surface area contributed by atoms with Gasteiger partial charge in [-0.2, -0.15) is 0 Å². The molecular formula is C23H22N2O5. The lowest BCUT2D eigenvalue weighted by Crippen LogP contribution is -2.12. The lowest BCUT2D eigenvalue weighted by atomic mass is 10.1. The Morgan fingerprint density at radius 2 is 1.60 bits per heavy atom. The van der Waals surface area contributed by atoms with Gasteiger partial charge in [0.05, 0.1) is 12.7 Å². The van der Waals surface area contributed by atoms with E-state index in [4.69, 9.17) is 9.47 Å². The number of hydrogen-bond donors (Lipinski definition) is 2.